The van der Waals surface area contributed by atoms with Crippen molar-refractivity contribution in [3.05, 3.63) is 46.0 Å². The van der Waals surface area contributed by atoms with Crippen LogP contribution in [-0.2, 0) is 13.6 Å². The Kier molecular flexibility index (Phi) is 5.03. The summed E-state index contributed by atoms with van der Waals surface area (Å²) in [4.78, 5) is 4.23. The van der Waals surface area contributed by atoms with E-state index >= 15 is 0 Å². The minimum absolute atomic E-state index is 0.0852. The SMILES string of the molecule is CC(NC(N)=NCc1nncn1C)c1ccc(Cl)cc1Cl. The van der Waals surface area contributed by atoms with Crippen LogP contribution in [0, 0.1) is 0 Å². The Morgan fingerprint density at radius 1 is 1.48 bits per heavy atom. The fourth-order valence-corrected chi connectivity index (χ4v) is 2.38. The highest BCUT2D eigenvalue weighted by molar-refractivity contribution is 6.35. The molecule has 0 bridgehead atoms. The van der Waals surface area contributed by atoms with Crippen LogP contribution in [0.25, 0.3) is 0 Å². The molecular formula is C13H16Cl2N6. The first kappa shape index (κ1) is 15.6. The molecule has 1 heterocycles. The number of nitrogens with one attached hydrogen (secondary N) is 1. The highest BCUT2D eigenvalue weighted by Gasteiger charge is 2.10. The molecule has 0 amide bonds. The van der Waals surface area contributed by atoms with Crippen LogP contribution < -0.4 is 11.1 Å². The number of hydrogen-bond donors (Lipinski definition) is 2. The van der Waals surface area contributed by atoms with Crippen molar-refractivity contribution in [2.24, 2.45) is 17.8 Å². The van der Waals surface area contributed by atoms with E-state index in [4.69, 9.17) is 28.9 Å². The molecule has 1 unspecified atom stereocenters. The van der Waals surface area contributed by atoms with Crippen LogP contribution in [0.5, 0.6) is 0 Å². The number of aromatic nitrogens is 3. The van der Waals surface area contributed by atoms with Crippen LogP contribution in [0.2, 0.25) is 10.0 Å². The fourth-order valence-electron chi connectivity index (χ4n) is 1.80. The van der Waals surface area contributed by atoms with Crippen molar-refractivity contribution in [3.8, 4) is 0 Å². The van der Waals surface area contributed by atoms with Gasteiger partial charge in [0.05, 0.1) is 6.04 Å². The molecule has 1 aromatic heterocycles. The summed E-state index contributed by atoms with van der Waals surface area (Å²) in [5.41, 5.74) is 6.77. The Labute approximate surface area is 133 Å². The molecule has 0 saturated carbocycles. The van der Waals surface area contributed by atoms with Gasteiger partial charge in [0, 0.05) is 17.1 Å². The normalized spacial score (nSPS) is 13.2. The molecule has 8 heteroatoms. The van der Waals surface area contributed by atoms with E-state index in [-0.39, 0.29) is 6.04 Å². The lowest BCUT2D eigenvalue weighted by Crippen LogP contribution is -2.34. The number of aryl methyl sites for hydroxylation is 1. The van der Waals surface area contributed by atoms with Crippen LogP contribution in [0.15, 0.2) is 29.5 Å². The van der Waals surface area contributed by atoms with Gasteiger partial charge in [0.15, 0.2) is 11.8 Å². The number of nitrogens with zero attached hydrogens (tertiary/aromatic N) is 4. The fraction of sp³-hybridized carbons (Fsp3) is 0.308. The van der Waals surface area contributed by atoms with Gasteiger partial charge >= 0.3 is 0 Å². The van der Waals surface area contributed by atoms with Gasteiger partial charge in [-0.3, -0.25) is 0 Å². The van der Waals surface area contributed by atoms with Gasteiger partial charge in [-0.25, -0.2) is 4.99 Å². The monoisotopic (exact) mass is 326 g/mol. The molecule has 0 saturated heterocycles. The smallest absolute Gasteiger partial charge is 0.189 e. The molecule has 3 N–H and O–H groups in total. The zero-order valence-corrected chi connectivity index (χ0v) is 13.2. The predicted molar refractivity (Wildman–Crippen MR) is 84.3 cm³/mol. The van der Waals surface area contributed by atoms with E-state index in [1.54, 1.807) is 23.0 Å². The summed E-state index contributed by atoms with van der Waals surface area (Å²) < 4.78 is 1.79. The first-order chi connectivity index (χ1) is 9.97. The van der Waals surface area contributed by atoms with E-state index in [2.05, 4.69) is 20.5 Å². The Hall–Kier alpha value is -1.79. The van der Waals surface area contributed by atoms with E-state index < -0.39 is 0 Å². The second-order valence-corrected chi connectivity index (χ2v) is 5.44. The molecule has 0 radical (unpaired) electrons. The van der Waals surface area contributed by atoms with Gasteiger partial charge in [-0.15, -0.1) is 10.2 Å². The maximum Gasteiger partial charge on any atom is 0.189 e. The van der Waals surface area contributed by atoms with E-state index in [0.717, 1.165) is 11.4 Å². The van der Waals surface area contributed by atoms with Gasteiger partial charge in [-0.1, -0.05) is 29.3 Å². The predicted octanol–water partition coefficient (Wildman–Crippen LogP) is 2.29. The van der Waals surface area contributed by atoms with Crippen molar-refractivity contribution in [1.29, 1.82) is 0 Å². The standard InChI is InChI=1S/C13H16Cl2N6/c1-8(10-4-3-9(14)5-11(10)15)19-13(16)17-6-12-20-18-7-21(12)2/h3-5,7-8H,6H2,1-2H3,(H3,16,17,19). The molecule has 21 heavy (non-hydrogen) atoms. The van der Waals surface area contributed by atoms with Gasteiger partial charge in [0.2, 0.25) is 0 Å². The Balaban J connectivity index is 2.01. The average Bonchev–Trinajstić information content (AvgIpc) is 2.81. The van der Waals surface area contributed by atoms with Crippen molar-refractivity contribution in [2.45, 2.75) is 19.5 Å². The van der Waals surface area contributed by atoms with Crippen molar-refractivity contribution in [3.63, 3.8) is 0 Å². The summed E-state index contributed by atoms with van der Waals surface area (Å²) in [5.74, 6) is 1.05. The van der Waals surface area contributed by atoms with E-state index in [0.29, 0.717) is 22.5 Å². The van der Waals surface area contributed by atoms with E-state index in [1.807, 2.05) is 20.0 Å². The molecule has 6 nitrogen and oxygen atoms in total. The molecule has 0 aliphatic heterocycles. The molecule has 0 aliphatic carbocycles. The van der Waals surface area contributed by atoms with Crippen molar-refractivity contribution in [2.75, 3.05) is 0 Å². The third-order valence-corrected chi connectivity index (χ3v) is 3.55. The third-order valence-electron chi connectivity index (χ3n) is 2.99. The molecule has 0 aliphatic rings. The number of halogens is 2. The quantitative estimate of drug-likeness (QED) is 0.667. The largest absolute Gasteiger partial charge is 0.370 e. The van der Waals surface area contributed by atoms with Crippen LogP contribution in [0.4, 0.5) is 0 Å². The molecule has 112 valence electrons. The van der Waals surface area contributed by atoms with Crippen LogP contribution in [-0.4, -0.2) is 20.7 Å². The first-order valence-corrected chi connectivity index (χ1v) is 7.07. The van der Waals surface area contributed by atoms with E-state index in [1.165, 1.54) is 0 Å². The molecular weight excluding hydrogens is 311 g/mol. The minimum Gasteiger partial charge on any atom is -0.370 e. The molecule has 0 spiro atoms. The molecule has 2 aromatic rings. The van der Waals surface area contributed by atoms with Crippen LogP contribution >= 0.6 is 23.2 Å². The number of nitrogens with two attached hydrogens (primary N) is 1. The van der Waals surface area contributed by atoms with E-state index in [9.17, 15) is 0 Å². The first-order valence-electron chi connectivity index (χ1n) is 6.31. The zero-order valence-electron chi connectivity index (χ0n) is 11.7. The number of rotatable bonds is 4. The van der Waals surface area contributed by atoms with Crippen molar-refractivity contribution in [1.82, 2.24) is 20.1 Å². The minimum atomic E-state index is -0.0852. The summed E-state index contributed by atoms with van der Waals surface area (Å²) in [6.07, 6.45) is 1.62. The third kappa shape index (κ3) is 4.09. The van der Waals surface area contributed by atoms with Gasteiger partial charge in [0.25, 0.3) is 0 Å². The average molecular weight is 327 g/mol. The maximum atomic E-state index is 6.16. The summed E-state index contributed by atoms with van der Waals surface area (Å²) in [6, 6.07) is 5.26. The molecule has 0 fully saturated rings. The Morgan fingerprint density at radius 2 is 2.24 bits per heavy atom. The lowest BCUT2D eigenvalue weighted by atomic mass is 10.1. The van der Waals surface area contributed by atoms with Crippen molar-refractivity contribution >= 4 is 29.2 Å². The maximum absolute atomic E-state index is 6.16. The second-order valence-electron chi connectivity index (χ2n) is 4.59. The lowest BCUT2D eigenvalue weighted by molar-refractivity contribution is 0.703. The van der Waals surface area contributed by atoms with Crippen LogP contribution in [0.3, 0.4) is 0 Å². The number of hydrogen-bond acceptors (Lipinski definition) is 3. The zero-order chi connectivity index (χ0) is 15.4. The number of aliphatic imine (C=N–C) groups is 1. The summed E-state index contributed by atoms with van der Waals surface area (Å²) >= 11 is 12.0. The summed E-state index contributed by atoms with van der Waals surface area (Å²) in [5, 5.41) is 12.0. The Bertz CT molecular complexity index is 652. The van der Waals surface area contributed by atoms with Gasteiger partial charge < -0.3 is 15.6 Å². The molecule has 2 rings (SSSR count). The van der Waals surface area contributed by atoms with Crippen LogP contribution in [0.1, 0.15) is 24.4 Å². The summed E-state index contributed by atoms with van der Waals surface area (Å²) in [6.45, 7) is 2.30. The summed E-state index contributed by atoms with van der Waals surface area (Å²) in [7, 11) is 1.85. The topological polar surface area (TPSA) is 81.1 Å². The van der Waals surface area contributed by atoms with Gasteiger partial charge in [0.1, 0.15) is 12.9 Å². The highest BCUT2D eigenvalue weighted by Crippen LogP contribution is 2.25. The number of benzene rings is 1. The second kappa shape index (κ2) is 6.78. The molecule has 1 atom stereocenters. The Morgan fingerprint density at radius 3 is 2.86 bits per heavy atom. The number of guanidine groups is 1. The van der Waals surface area contributed by atoms with Gasteiger partial charge in [-0.05, 0) is 24.6 Å². The van der Waals surface area contributed by atoms with Gasteiger partial charge in [-0.2, -0.15) is 0 Å². The lowest BCUT2D eigenvalue weighted by Gasteiger charge is -2.16. The molecule has 1 aromatic carbocycles. The van der Waals surface area contributed by atoms with Crippen molar-refractivity contribution < 1.29 is 0 Å². The highest BCUT2D eigenvalue weighted by atomic mass is 35.5.